The first-order valence-electron chi connectivity index (χ1n) is 8.62. The first-order valence-corrected chi connectivity index (χ1v) is 8.62. The Morgan fingerprint density at radius 1 is 1.17 bits per heavy atom. The molecule has 4 rings (SSSR count). The van der Waals surface area contributed by atoms with Gasteiger partial charge in [0, 0.05) is 17.2 Å². The maximum atomic E-state index is 6.15. The van der Waals surface area contributed by atoms with Crippen molar-refractivity contribution < 1.29 is 9.15 Å². The Bertz CT molecular complexity index is 673. The fourth-order valence-corrected chi connectivity index (χ4v) is 3.12. The summed E-state index contributed by atoms with van der Waals surface area (Å²) in [6, 6.07) is 6.15. The van der Waals surface area contributed by atoms with E-state index in [0.29, 0.717) is 24.5 Å². The van der Waals surface area contributed by atoms with Gasteiger partial charge in [-0.05, 0) is 57.6 Å². The molecule has 2 fully saturated rings. The van der Waals surface area contributed by atoms with Crippen LogP contribution in [0.4, 0.5) is 5.69 Å². The van der Waals surface area contributed by atoms with Crippen molar-refractivity contribution >= 4 is 5.69 Å². The molecule has 1 aromatic heterocycles. The lowest BCUT2D eigenvalue weighted by molar-refractivity contribution is 0.209. The van der Waals surface area contributed by atoms with Gasteiger partial charge in [-0.3, -0.25) is 0 Å². The maximum absolute atomic E-state index is 6.15. The van der Waals surface area contributed by atoms with Crippen LogP contribution in [0, 0.1) is 6.92 Å². The molecule has 2 aromatic rings. The molecule has 0 saturated heterocycles. The number of nitrogens with one attached hydrogen (secondary N) is 1. The van der Waals surface area contributed by atoms with Crippen molar-refractivity contribution in [2.45, 2.75) is 64.0 Å². The molecule has 0 amide bonds. The predicted octanol–water partition coefficient (Wildman–Crippen LogP) is 4.19. The summed E-state index contributed by atoms with van der Waals surface area (Å²) in [5.41, 5.74) is 2.20. The van der Waals surface area contributed by atoms with E-state index in [1.807, 2.05) is 6.07 Å². The summed E-state index contributed by atoms with van der Waals surface area (Å²) in [6.45, 7) is 2.64. The Labute approximate surface area is 136 Å². The number of hydrogen-bond acceptors (Lipinski definition) is 5. The van der Waals surface area contributed by atoms with Crippen LogP contribution >= 0.6 is 0 Å². The first kappa shape index (κ1) is 14.5. The molecule has 0 bridgehead atoms. The molecule has 2 aliphatic rings. The zero-order valence-corrected chi connectivity index (χ0v) is 13.5. The highest BCUT2D eigenvalue weighted by Gasteiger charge is 2.29. The second-order valence-corrected chi connectivity index (χ2v) is 6.61. The molecule has 2 saturated carbocycles. The van der Waals surface area contributed by atoms with Gasteiger partial charge in [0.2, 0.25) is 11.8 Å². The predicted molar refractivity (Wildman–Crippen MR) is 87.7 cm³/mol. The Morgan fingerprint density at radius 2 is 2.00 bits per heavy atom. The van der Waals surface area contributed by atoms with Crippen molar-refractivity contribution in [1.82, 2.24) is 10.2 Å². The van der Waals surface area contributed by atoms with Gasteiger partial charge in [0.15, 0.2) is 0 Å². The van der Waals surface area contributed by atoms with E-state index in [1.54, 1.807) is 0 Å². The SMILES string of the molecule is Cc1c(NCc2nnc(C3CC3)o2)cccc1OC1CCCC1. The number of nitrogens with zero attached hydrogens (tertiary/aromatic N) is 2. The third-order valence-electron chi connectivity index (χ3n) is 4.72. The molecule has 1 aromatic carbocycles. The summed E-state index contributed by atoms with van der Waals surface area (Å²) in [5.74, 6) is 2.91. The van der Waals surface area contributed by atoms with E-state index in [2.05, 4.69) is 34.6 Å². The van der Waals surface area contributed by atoms with Gasteiger partial charge < -0.3 is 14.5 Å². The molecule has 122 valence electrons. The van der Waals surface area contributed by atoms with Crippen molar-refractivity contribution in [2.75, 3.05) is 5.32 Å². The van der Waals surface area contributed by atoms with Crippen LogP contribution in [-0.4, -0.2) is 16.3 Å². The second-order valence-electron chi connectivity index (χ2n) is 6.61. The highest BCUT2D eigenvalue weighted by molar-refractivity contribution is 5.56. The normalized spacial score (nSPS) is 18.3. The molecule has 5 heteroatoms. The highest BCUT2D eigenvalue weighted by atomic mass is 16.5. The minimum absolute atomic E-state index is 0.376. The molecule has 1 N–H and O–H groups in total. The van der Waals surface area contributed by atoms with Crippen molar-refractivity contribution in [2.24, 2.45) is 0 Å². The van der Waals surface area contributed by atoms with Crippen LogP contribution in [0.15, 0.2) is 22.6 Å². The fraction of sp³-hybridized carbons (Fsp3) is 0.556. The smallest absolute Gasteiger partial charge is 0.235 e. The Balaban J connectivity index is 1.41. The van der Waals surface area contributed by atoms with Crippen molar-refractivity contribution in [3.05, 3.63) is 35.5 Å². The molecule has 0 spiro atoms. The Hall–Kier alpha value is -2.04. The minimum atomic E-state index is 0.376. The number of benzene rings is 1. The quantitative estimate of drug-likeness (QED) is 0.866. The van der Waals surface area contributed by atoms with Gasteiger partial charge in [-0.1, -0.05) is 6.07 Å². The highest BCUT2D eigenvalue weighted by Crippen LogP contribution is 2.39. The van der Waals surface area contributed by atoms with Gasteiger partial charge in [0.25, 0.3) is 0 Å². The van der Waals surface area contributed by atoms with Gasteiger partial charge in [-0.25, -0.2) is 0 Å². The average molecular weight is 313 g/mol. The molecular formula is C18H23N3O2. The zero-order chi connectivity index (χ0) is 15.6. The van der Waals surface area contributed by atoms with Crippen molar-refractivity contribution in [3.8, 4) is 5.75 Å². The summed E-state index contributed by atoms with van der Waals surface area (Å²) < 4.78 is 11.8. The molecule has 23 heavy (non-hydrogen) atoms. The maximum Gasteiger partial charge on any atom is 0.235 e. The molecule has 0 aliphatic heterocycles. The number of rotatable bonds is 6. The van der Waals surface area contributed by atoms with Crippen LogP contribution in [0.25, 0.3) is 0 Å². The molecule has 0 unspecified atom stereocenters. The van der Waals surface area contributed by atoms with E-state index in [9.17, 15) is 0 Å². The standard InChI is InChI=1S/C18H23N3O2/c1-12-15(7-4-8-16(12)22-14-5-2-3-6-14)19-11-17-20-21-18(23-17)13-9-10-13/h4,7-8,13-14,19H,2-3,5-6,9-11H2,1H3. The lowest BCUT2D eigenvalue weighted by Crippen LogP contribution is -2.12. The van der Waals surface area contributed by atoms with Crippen LogP contribution in [0.5, 0.6) is 5.75 Å². The number of ether oxygens (including phenoxy) is 1. The monoisotopic (exact) mass is 313 g/mol. The van der Waals surface area contributed by atoms with Gasteiger partial charge in [-0.2, -0.15) is 0 Å². The van der Waals surface area contributed by atoms with E-state index in [4.69, 9.17) is 9.15 Å². The van der Waals surface area contributed by atoms with Crippen LogP contribution < -0.4 is 10.1 Å². The fourth-order valence-electron chi connectivity index (χ4n) is 3.12. The molecule has 2 aliphatic carbocycles. The molecule has 0 atom stereocenters. The molecule has 5 nitrogen and oxygen atoms in total. The van der Waals surface area contributed by atoms with Crippen LogP contribution in [-0.2, 0) is 6.54 Å². The molecular weight excluding hydrogens is 290 g/mol. The summed E-state index contributed by atoms with van der Waals surface area (Å²) in [7, 11) is 0. The van der Waals surface area contributed by atoms with E-state index in [1.165, 1.54) is 38.5 Å². The molecule has 1 heterocycles. The summed E-state index contributed by atoms with van der Waals surface area (Å²) in [5, 5.41) is 11.6. The van der Waals surface area contributed by atoms with Crippen LogP contribution in [0.3, 0.4) is 0 Å². The number of aromatic nitrogens is 2. The largest absolute Gasteiger partial charge is 0.490 e. The average Bonchev–Trinajstić information content (AvgIpc) is 3.08. The van der Waals surface area contributed by atoms with Crippen LogP contribution in [0.2, 0.25) is 0 Å². The van der Waals surface area contributed by atoms with E-state index in [0.717, 1.165) is 22.9 Å². The second kappa shape index (κ2) is 6.22. The van der Waals surface area contributed by atoms with Gasteiger partial charge in [0.1, 0.15) is 5.75 Å². The number of anilines is 1. The van der Waals surface area contributed by atoms with E-state index < -0.39 is 0 Å². The summed E-state index contributed by atoms with van der Waals surface area (Å²) >= 11 is 0. The van der Waals surface area contributed by atoms with Gasteiger partial charge >= 0.3 is 0 Å². The van der Waals surface area contributed by atoms with Crippen molar-refractivity contribution in [3.63, 3.8) is 0 Å². The lowest BCUT2D eigenvalue weighted by Gasteiger charge is -2.17. The zero-order valence-electron chi connectivity index (χ0n) is 13.5. The Morgan fingerprint density at radius 3 is 2.78 bits per heavy atom. The number of hydrogen-bond donors (Lipinski definition) is 1. The summed E-state index contributed by atoms with van der Waals surface area (Å²) in [4.78, 5) is 0. The van der Waals surface area contributed by atoms with Crippen LogP contribution in [0.1, 0.15) is 61.8 Å². The third kappa shape index (κ3) is 3.33. The van der Waals surface area contributed by atoms with Gasteiger partial charge in [-0.15, -0.1) is 10.2 Å². The molecule has 0 radical (unpaired) electrons. The third-order valence-corrected chi connectivity index (χ3v) is 4.72. The Kier molecular flexibility index (Phi) is 3.93. The van der Waals surface area contributed by atoms with E-state index in [-0.39, 0.29) is 0 Å². The first-order chi connectivity index (χ1) is 11.3. The van der Waals surface area contributed by atoms with Gasteiger partial charge in [0.05, 0.1) is 12.6 Å². The lowest BCUT2D eigenvalue weighted by atomic mass is 10.1. The summed E-state index contributed by atoms with van der Waals surface area (Å²) in [6.07, 6.45) is 7.63. The van der Waals surface area contributed by atoms with E-state index >= 15 is 0 Å². The van der Waals surface area contributed by atoms with Crippen molar-refractivity contribution in [1.29, 1.82) is 0 Å². The topological polar surface area (TPSA) is 60.2 Å². The minimum Gasteiger partial charge on any atom is -0.490 e.